The molecule has 15 heavy (non-hydrogen) atoms. The molecule has 0 aliphatic heterocycles. The van der Waals surface area contributed by atoms with Crippen LogP contribution in [0.15, 0.2) is 34.1 Å². The summed E-state index contributed by atoms with van der Waals surface area (Å²) in [7, 11) is 0. The van der Waals surface area contributed by atoms with E-state index in [1.165, 1.54) is 16.7 Å². The Labute approximate surface area is 97.9 Å². The highest BCUT2D eigenvalue weighted by atomic mass is 79.9. The molecule has 0 fully saturated rings. The topological polar surface area (TPSA) is 12.9 Å². The first kappa shape index (κ1) is 10.7. The Hall–Kier alpha value is -0.810. The molecule has 0 aliphatic rings. The molecular weight excluding hydrogens is 284 g/mol. The van der Waals surface area contributed by atoms with E-state index >= 15 is 0 Å². The van der Waals surface area contributed by atoms with Gasteiger partial charge in [-0.25, -0.2) is 13.8 Å². The normalized spacial score (nSPS) is 10.9. The second kappa shape index (κ2) is 4.37. The summed E-state index contributed by atoms with van der Waals surface area (Å²) in [4.78, 5) is 3.86. The van der Waals surface area contributed by atoms with Crippen LogP contribution in [0.25, 0.3) is 10.6 Å². The zero-order valence-electron chi connectivity index (χ0n) is 7.45. The molecule has 0 radical (unpaired) electrons. The molecule has 0 saturated carbocycles. The average molecular weight is 290 g/mol. The van der Waals surface area contributed by atoms with Crippen molar-refractivity contribution in [1.29, 1.82) is 0 Å². The van der Waals surface area contributed by atoms with Crippen LogP contribution in [0.4, 0.5) is 8.78 Å². The number of aromatic nitrogens is 1. The van der Waals surface area contributed by atoms with Crippen molar-refractivity contribution in [2.24, 2.45) is 0 Å². The molecule has 0 N–H and O–H groups in total. The molecule has 0 aliphatic carbocycles. The van der Waals surface area contributed by atoms with E-state index in [1.54, 1.807) is 0 Å². The summed E-state index contributed by atoms with van der Waals surface area (Å²) in [6, 6.07) is 7.41. The molecule has 0 bridgehead atoms. The fourth-order valence-electron chi connectivity index (χ4n) is 1.11. The number of hydrogen-bond acceptors (Lipinski definition) is 2. The van der Waals surface area contributed by atoms with Crippen LogP contribution in [-0.4, -0.2) is 4.98 Å². The van der Waals surface area contributed by atoms with Crippen molar-refractivity contribution in [2.45, 2.75) is 6.43 Å². The van der Waals surface area contributed by atoms with E-state index in [2.05, 4.69) is 20.9 Å². The molecule has 0 spiro atoms. The number of alkyl halides is 2. The van der Waals surface area contributed by atoms with Crippen LogP contribution in [0.3, 0.4) is 0 Å². The lowest BCUT2D eigenvalue weighted by Crippen LogP contribution is -1.83. The molecule has 0 atom stereocenters. The van der Waals surface area contributed by atoms with Gasteiger partial charge in [-0.05, 0) is 12.1 Å². The van der Waals surface area contributed by atoms with Crippen molar-refractivity contribution in [3.8, 4) is 10.6 Å². The highest BCUT2D eigenvalue weighted by Gasteiger charge is 2.12. The number of halogens is 3. The molecule has 1 heterocycles. The Morgan fingerprint density at radius 1 is 1.20 bits per heavy atom. The van der Waals surface area contributed by atoms with Gasteiger partial charge in [-0.3, -0.25) is 0 Å². The summed E-state index contributed by atoms with van der Waals surface area (Å²) < 4.78 is 25.5. The highest BCUT2D eigenvalue weighted by Crippen LogP contribution is 2.28. The van der Waals surface area contributed by atoms with E-state index in [1.807, 2.05) is 24.3 Å². The fourth-order valence-corrected chi connectivity index (χ4v) is 2.19. The van der Waals surface area contributed by atoms with Gasteiger partial charge in [0.15, 0.2) is 0 Å². The Morgan fingerprint density at radius 3 is 2.40 bits per heavy atom. The van der Waals surface area contributed by atoms with Crippen molar-refractivity contribution in [1.82, 2.24) is 4.98 Å². The molecule has 1 nitrogen and oxygen atoms in total. The third kappa shape index (κ3) is 2.41. The van der Waals surface area contributed by atoms with Crippen molar-refractivity contribution >= 4 is 27.3 Å². The number of thiazole rings is 1. The molecule has 2 aromatic rings. The van der Waals surface area contributed by atoms with Crippen LogP contribution >= 0.6 is 27.3 Å². The molecule has 1 aromatic carbocycles. The predicted octanol–water partition coefficient (Wildman–Crippen LogP) is 4.51. The lowest BCUT2D eigenvalue weighted by molar-refractivity contribution is 0.147. The molecule has 78 valence electrons. The van der Waals surface area contributed by atoms with Crippen LogP contribution in [0.1, 0.15) is 12.1 Å². The lowest BCUT2D eigenvalue weighted by Gasteiger charge is -1.95. The van der Waals surface area contributed by atoms with Gasteiger partial charge in [0.05, 0.1) is 0 Å². The first-order valence-electron chi connectivity index (χ1n) is 4.16. The van der Waals surface area contributed by atoms with Crippen LogP contribution < -0.4 is 0 Å². The summed E-state index contributed by atoms with van der Waals surface area (Å²) in [5.41, 5.74) is 0.702. The van der Waals surface area contributed by atoms with E-state index < -0.39 is 6.43 Å². The molecule has 0 unspecified atom stereocenters. The van der Waals surface area contributed by atoms with E-state index in [9.17, 15) is 8.78 Å². The third-order valence-electron chi connectivity index (χ3n) is 1.84. The molecule has 0 saturated heterocycles. The van der Waals surface area contributed by atoms with Gasteiger partial charge < -0.3 is 0 Å². The molecule has 5 heteroatoms. The van der Waals surface area contributed by atoms with Gasteiger partial charge in [0, 0.05) is 15.4 Å². The number of benzene rings is 1. The first-order chi connectivity index (χ1) is 7.16. The van der Waals surface area contributed by atoms with Crippen molar-refractivity contribution < 1.29 is 8.78 Å². The summed E-state index contributed by atoms with van der Waals surface area (Å²) in [6.07, 6.45) is -2.49. The minimum atomic E-state index is -2.49. The van der Waals surface area contributed by atoms with Crippen LogP contribution in [-0.2, 0) is 0 Å². The number of rotatable bonds is 2. The van der Waals surface area contributed by atoms with Gasteiger partial charge in [-0.2, -0.15) is 0 Å². The van der Waals surface area contributed by atoms with E-state index in [4.69, 9.17) is 0 Å². The Balaban J connectivity index is 2.33. The van der Waals surface area contributed by atoms with Gasteiger partial charge in [-0.1, -0.05) is 28.1 Å². The van der Waals surface area contributed by atoms with Crippen molar-refractivity contribution in [3.05, 3.63) is 39.8 Å². The van der Waals surface area contributed by atoms with Crippen LogP contribution in [0, 0.1) is 0 Å². The third-order valence-corrected chi connectivity index (χ3v) is 3.27. The van der Waals surface area contributed by atoms with E-state index in [0.717, 1.165) is 10.0 Å². The quantitative estimate of drug-likeness (QED) is 0.793. The molecular formula is C10H6BrF2NS. The minimum absolute atomic E-state index is 0.155. The van der Waals surface area contributed by atoms with Gasteiger partial charge >= 0.3 is 0 Å². The lowest BCUT2D eigenvalue weighted by atomic mass is 10.2. The number of hydrogen-bond donors (Lipinski definition) is 0. The summed E-state index contributed by atoms with van der Waals surface area (Å²) in [5.74, 6) is 0. The second-order valence-electron chi connectivity index (χ2n) is 2.89. The Bertz CT molecular complexity index is 453. The maximum Gasteiger partial charge on any atom is 0.281 e. The van der Waals surface area contributed by atoms with Gasteiger partial charge in [0.25, 0.3) is 6.43 Å². The maximum absolute atomic E-state index is 12.3. The predicted molar refractivity (Wildman–Crippen MR) is 60.2 cm³/mol. The molecule has 0 amide bonds. The SMILES string of the molecule is FC(F)c1csc(-c2ccc(Br)cc2)n1. The summed E-state index contributed by atoms with van der Waals surface area (Å²) in [5, 5.41) is 2.01. The van der Waals surface area contributed by atoms with E-state index in [0.29, 0.717) is 5.01 Å². The zero-order chi connectivity index (χ0) is 10.8. The Morgan fingerprint density at radius 2 is 1.87 bits per heavy atom. The van der Waals surface area contributed by atoms with Gasteiger partial charge in [0.1, 0.15) is 10.7 Å². The van der Waals surface area contributed by atoms with Crippen molar-refractivity contribution in [3.63, 3.8) is 0 Å². The summed E-state index contributed by atoms with van der Waals surface area (Å²) >= 11 is 4.54. The Kier molecular flexibility index (Phi) is 3.11. The molecule has 1 aromatic heterocycles. The number of nitrogens with zero attached hydrogens (tertiary/aromatic N) is 1. The largest absolute Gasteiger partial charge is 0.281 e. The zero-order valence-corrected chi connectivity index (χ0v) is 9.86. The highest BCUT2D eigenvalue weighted by molar-refractivity contribution is 9.10. The van der Waals surface area contributed by atoms with E-state index in [-0.39, 0.29) is 5.69 Å². The maximum atomic E-state index is 12.3. The van der Waals surface area contributed by atoms with Crippen LogP contribution in [0.5, 0.6) is 0 Å². The monoisotopic (exact) mass is 289 g/mol. The van der Waals surface area contributed by atoms with Gasteiger partial charge in [0.2, 0.25) is 0 Å². The molecule has 2 rings (SSSR count). The van der Waals surface area contributed by atoms with Gasteiger partial charge in [-0.15, -0.1) is 11.3 Å². The van der Waals surface area contributed by atoms with Crippen molar-refractivity contribution in [2.75, 3.05) is 0 Å². The second-order valence-corrected chi connectivity index (χ2v) is 4.66. The summed E-state index contributed by atoms with van der Waals surface area (Å²) in [6.45, 7) is 0. The average Bonchev–Trinajstić information content (AvgIpc) is 2.68. The smallest absolute Gasteiger partial charge is 0.235 e. The van der Waals surface area contributed by atoms with Crippen LogP contribution in [0.2, 0.25) is 0 Å². The standard InChI is InChI=1S/C10H6BrF2NS/c11-7-3-1-6(2-4-7)10-14-8(5-15-10)9(12)13/h1-5,9H. The fraction of sp³-hybridized carbons (Fsp3) is 0.100. The minimum Gasteiger partial charge on any atom is -0.235 e. The first-order valence-corrected chi connectivity index (χ1v) is 5.83.